The van der Waals surface area contributed by atoms with E-state index in [1.807, 2.05) is 6.07 Å². The summed E-state index contributed by atoms with van der Waals surface area (Å²) in [4.78, 5) is 3.82. The standard InChI is InChI=1S/C8H5ClN2/c9-8(6-10)5-7-1-3-11-4-2-7/h1-5H. The number of rotatable bonds is 1. The molecule has 0 aliphatic rings. The number of allylic oxidation sites excluding steroid dienone is 1. The van der Waals surface area contributed by atoms with E-state index >= 15 is 0 Å². The van der Waals surface area contributed by atoms with Gasteiger partial charge in [-0.3, -0.25) is 4.98 Å². The lowest BCUT2D eigenvalue weighted by molar-refractivity contribution is 1.32. The molecule has 1 aromatic heterocycles. The molecule has 0 spiro atoms. The van der Waals surface area contributed by atoms with Gasteiger partial charge >= 0.3 is 0 Å². The smallest absolute Gasteiger partial charge is 0.118 e. The van der Waals surface area contributed by atoms with Crippen LogP contribution in [0.3, 0.4) is 0 Å². The summed E-state index contributed by atoms with van der Waals surface area (Å²) < 4.78 is 0. The molecule has 0 N–H and O–H groups in total. The fraction of sp³-hybridized carbons (Fsp3) is 0. The van der Waals surface area contributed by atoms with E-state index in [1.165, 1.54) is 0 Å². The van der Waals surface area contributed by atoms with Gasteiger partial charge in [0, 0.05) is 12.4 Å². The van der Waals surface area contributed by atoms with E-state index in [1.54, 1.807) is 30.6 Å². The van der Waals surface area contributed by atoms with Crippen molar-refractivity contribution >= 4 is 17.7 Å². The van der Waals surface area contributed by atoms with Crippen LogP contribution in [-0.4, -0.2) is 4.98 Å². The molecule has 0 fully saturated rings. The number of pyridine rings is 1. The van der Waals surface area contributed by atoms with Crippen LogP contribution in [0.4, 0.5) is 0 Å². The normalized spacial score (nSPS) is 10.7. The first kappa shape index (κ1) is 7.77. The number of aromatic nitrogens is 1. The molecular formula is C8H5ClN2. The maximum Gasteiger partial charge on any atom is 0.118 e. The Morgan fingerprint density at radius 2 is 2.18 bits per heavy atom. The van der Waals surface area contributed by atoms with Crippen LogP contribution in [0, 0.1) is 11.3 Å². The van der Waals surface area contributed by atoms with Crippen LogP contribution in [0.5, 0.6) is 0 Å². The Kier molecular flexibility index (Phi) is 2.65. The van der Waals surface area contributed by atoms with Gasteiger partial charge in [0.15, 0.2) is 0 Å². The summed E-state index contributed by atoms with van der Waals surface area (Å²) in [6, 6.07) is 5.37. The van der Waals surface area contributed by atoms with E-state index in [9.17, 15) is 0 Å². The molecule has 0 radical (unpaired) electrons. The van der Waals surface area contributed by atoms with Crippen LogP contribution in [0.15, 0.2) is 29.6 Å². The lowest BCUT2D eigenvalue weighted by atomic mass is 10.2. The highest BCUT2D eigenvalue weighted by Gasteiger charge is 1.88. The molecule has 0 aliphatic heterocycles. The molecule has 1 rings (SSSR count). The Hall–Kier alpha value is -1.33. The Labute approximate surface area is 69.8 Å². The van der Waals surface area contributed by atoms with Gasteiger partial charge in [-0.15, -0.1) is 0 Å². The minimum Gasteiger partial charge on any atom is -0.265 e. The van der Waals surface area contributed by atoms with E-state index < -0.39 is 0 Å². The van der Waals surface area contributed by atoms with Gasteiger partial charge in [-0.25, -0.2) is 0 Å². The maximum absolute atomic E-state index is 8.33. The van der Waals surface area contributed by atoms with Gasteiger partial charge in [0.05, 0.1) is 0 Å². The molecule has 11 heavy (non-hydrogen) atoms. The molecule has 0 bridgehead atoms. The minimum absolute atomic E-state index is 0.177. The van der Waals surface area contributed by atoms with Gasteiger partial charge in [-0.05, 0) is 23.8 Å². The fourth-order valence-electron chi connectivity index (χ4n) is 0.638. The van der Waals surface area contributed by atoms with Crippen LogP contribution in [0.25, 0.3) is 6.08 Å². The molecular weight excluding hydrogens is 160 g/mol. The molecule has 54 valence electrons. The molecule has 0 amide bonds. The van der Waals surface area contributed by atoms with E-state index in [0.29, 0.717) is 0 Å². The van der Waals surface area contributed by atoms with Crippen molar-refractivity contribution in [3.63, 3.8) is 0 Å². The zero-order valence-corrected chi connectivity index (χ0v) is 6.42. The molecule has 0 aromatic carbocycles. The molecule has 0 saturated heterocycles. The highest BCUT2D eigenvalue weighted by atomic mass is 35.5. The summed E-state index contributed by atoms with van der Waals surface area (Å²) in [6.45, 7) is 0. The molecule has 2 nitrogen and oxygen atoms in total. The number of hydrogen-bond acceptors (Lipinski definition) is 2. The fourth-order valence-corrected chi connectivity index (χ4v) is 0.764. The van der Waals surface area contributed by atoms with Crippen molar-refractivity contribution in [2.45, 2.75) is 0 Å². The predicted octanol–water partition coefficient (Wildman–Crippen LogP) is 2.18. The summed E-state index contributed by atoms with van der Waals surface area (Å²) in [6.07, 6.45) is 4.88. The van der Waals surface area contributed by atoms with Crippen molar-refractivity contribution < 1.29 is 0 Å². The molecule has 1 aromatic rings. The van der Waals surface area contributed by atoms with Gasteiger partial charge in [-0.1, -0.05) is 11.6 Å². The average molecular weight is 165 g/mol. The van der Waals surface area contributed by atoms with Crippen molar-refractivity contribution in [3.8, 4) is 6.07 Å². The van der Waals surface area contributed by atoms with E-state index in [4.69, 9.17) is 16.9 Å². The SMILES string of the molecule is N#CC(Cl)=Cc1ccncc1. The van der Waals surface area contributed by atoms with Gasteiger partial charge in [0.25, 0.3) is 0 Å². The maximum atomic E-state index is 8.33. The Morgan fingerprint density at radius 3 is 2.73 bits per heavy atom. The summed E-state index contributed by atoms with van der Waals surface area (Å²) in [5.41, 5.74) is 0.881. The van der Waals surface area contributed by atoms with Crippen molar-refractivity contribution in [1.82, 2.24) is 4.98 Å². The third kappa shape index (κ3) is 2.40. The third-order valence-corrected chi connectivity index (χ3v) is 1.30. The molecule has 0 saturated carbocycles. The summed E-state index contributed by atoms with van der Waals surface area (Å²) >= 11 is 5.48. The molecule has 0 unspecified atom stereocenters. The monoisotopic (exact) mass is 164 g/mol. The highest BCUT2D eigenvalue weighted by molar-refractivity contribution is 6.33. The zero-order valence-electron chi connectivity index (χ0n) is 5.66. The van der Waals surface area contributed by atoms with E-state index in [0.717, 1.165) is 5.56 Å². The van der Waals surface area contributed by atoms with Crippen molar-refractivity contribution in [2.75, 3.05) is 0 Å². The van der Waals surface area contributed by atoms with Crippen LogP contribution >= 0.6 is 11.6 Å². The quantitative estimate of drug-likeness (QED) is 0.597. The zero-order chi connectivity index (χ0) is 8.10. The second kappa shape index (κ2) is 3.75. The lowest BCUT2D eigenvalue weighted by Gasteiger charge is -1.88. The number of halogens is 1. The van der Waals surface area contributed by atoms with Crippen LogP contribution < -0.4 is 0 Å². The van der Waals surface area contributed by atoms with Crippen molar-refractivity contribution in [1.29, 1.82) is 5.26 Å². The first-order chi connectivity index (χ1) is 5.33. The Bertz CT molecular complexity index is 298. The third-order valence-electron chi connectivity index (χ3n) is 1.11. The van der Waals surface area contributed by atoms with Crippen LogP contribution in [0.1, 0.15) is 5.56 Å². The van der Waals surface area contributed by atoms with Gasteiger partial charge in [0.2, 0.25) is 0 Å². The van der Waals surface area contributed by atoms with Gasteiger partial charge < -0.3 is 0 Å². The molecule has 0 aliphatic carbocycles. The van der Waals surface area contributed by atoms with Crippen molar-refractivity contribution in [3.05, 3.63) is 35.1 Å². The second-order valence-electron chi connectivity index (χ2n) is 1.88. The number of nitrogens with zero attached hydrogens (tertiary/aromatic N) is 2. The first-order valence-corrected chi connectivity index (χ1v) is 3.38. The Morgan fingerprint density at radius 1 is 1.55 bits per heavy atom. The molecule has 0 atom stereocenters. The predicted molar refractivity (Wildman–Crippen MR) is 43.7 cm³/mol. The Balaban J connectivity index is 2.90. The van der Waals surface area contributed by atoms with Gasteiger partial charge in [0.1, 0.15) is 11.1 Å². The van der Waals surface area contributed by atoms with Crippen molar-refractivity contribution in [2.24, 2.45) is 0 Å². The summed E-state index contributed by atoms with van der Waals surface area (Å²) in [5, 5.41) is 8.51. The summed E-state index contributed by atoms with van der Waals surface area (Å²) in [7, 11) is 0. The first-order valence-electron chi connectivity index (χ1n) is 3.00. The second-order valence-corrected chi connectivity index (χ2v) is 2.29. The van der Waals surface area contributed by atoms with E-state index in [-0.39, 0.29) is 5.03 Å². The number of nitriles is 1. The largest absolute Gasteiger partial charge is 0.265 e. The molecule has 3 heteroatoms. The van der Waals surface area contributed by atoms with Crippen LogP contribution in [0.2, 0.25) is 0 Å². The number of hydrogen-bond donors (Lipinski definition) is 0. The minimum atomic E-state index is 0.177. The van der Waals surface area contributed by atoms with E-state index in [2.05, 4.69) is 4.98 Å². The average Bonchev–Trinajstić information content (AvgIpc) is 2.06. The topological polar surface area (TPSA) is 36.7 Å². The highest BCUT2D eigenvalue weighted by Crippen LogP contribution is 2.07. The lowest BCUT2D eigenvalue weighted by Crippen LogP contribution is -1.73. The summed E-state index contributed by atoms with van der Waals surface area (Å²) in [5.74, 6) is 0. The van der Waals surface area contributed by atoms with Crippen LogP contribution in [-0.2, 0) is 0 Å². The molecule has 1 heterocycles. The van der Waals surface area contributed by atoms with Gasteiger partial charge in [-0.2, -0.15) is 5.26 Å².